The van der Waals surface area contributed by atoms with E-state index in [-0.39, 0.29) is 22.6 Å². The number of carbonyl (C=O) groups is 1. The number of hydrogen-bond acceptors (Lipinski definition) is 5. The second-order valence-corrected chi connectivity index (χ2v) is 8.43. The molecule has 2 N–H and O–H groups in total. The maximum atomic E-state index is 12.7. The van der Waals surface area contributed by atoms with Gasteiger partial charge in [0.05, 0.1) is 7.11 Å². The van der Waals surface area contributed by atoms with Crippen LogP contribution in [0.2, 0.25) is 0 Å². The van der Waals surface area contributed by atoms with Gasteiger partial charge in [-0.25, -0.2) is 8.42 Å². The number of methoxy groups -OCH3 is 1. The van der Waals surface area contributed by atoms with Crippen molar-refractivity contribution in [3.63, 3.8) is 0 Å². The highest BCUT2D eigenvalue weighted by atomic mass is 32.2. The summed E-state index contributed by atoms with van der Waals surface area (Å²) in [7, 11) is -2.12. The fraction of sp³-hybridized carbons (Fsp3) is 0.588. The average molecular weight is 367 g/mol. The number of rotatable bonds is 6. The van der Waals surface area contributed by atoms with Crippen molar-refractivity contribution in [2.24, 2.45) is 0 Å². The van der Waals surface area contributed by atoms with Crippen LogP contribution in [0.1, 0.15) is 32.1 Å². The standard InChI is InChI=1S/C17H25N3O4S/c1-24-15-11-14(19-17(21)12-13-5-4-8-18-13)6-7-16(15)25(22,23)20-9-2-3-10-20/h6-7,11,13,18H,2-5,8-10,12H2,1H3,(H,19,21). The summed E-state index contributed by atoms with van der Waals surface area (Å²) in [6.45, 7) is 2.03. The molecule has 1 amide bonds. The quantitative estimate of drug-likeness (QED) is 0.797. The first kappa shape index (κ1) is 18.2. The van der Waals surface area contributed by atoms with Crippen molar-refractivity contribution in [1.82, 2.24) is 9.62 Å². The Morgan fingerprint density at radius 2 is 2.08 bits per heavy atom. The topological polar surface area (TPSA) is 87.7 Å². The zero-order valence-corrected chi connectivity index (χ0v) is 15.3. The Hall–Kier alpha value is -1.64. The van der Waals surface area contributed by atoms with Crippen molar-refractivity contribution in [2.75, 3.05) is 32.1 Å². The van der Waals surface area contributed by atoms with Gasteiger partial charge in [0.1, 0.15) is 10.6 Å². The van der Waals surface area contributed by atoms with E-state index in [0.29, 0.717) is 25.2 Å². The average Bonchev–Trinajstić information content (AvgIpc) is 3.28. The van der Waals surface area contributed by atoms with Gasteiger partial charge < -0.3 is 15.4 Å². The predicted molar refractivity (Wildman–Crippen MR) is 95.3 cm³/mol. The van der Waals surface area contributed by atoms with Crippen LogP contribution in [0.3, 0.4) is 0 Å². The molecule has 0 aromatic heterocycles. The molecule has 2 aliphatic rings. The number of sulfonamides is 1. The maximum absolute atomic E-state index is 12.7. The van der Waals surface area contributed by atoms with Gasteiger partial charge in [-0.3, -0.25) is 4.79 Å². The Morgan fingerprint density at radius 3 is 2.72 bits per heavy atom. The van der Waals surface area contributed by atoms with Gasteiger partial charge in [-0.15, -0.1) is 0 Å². The molecule has 0 spiro atoms. The highest BCUT2D eigenvalue weighted by Gasteiger charge is 2.30. The van der Waals surface area contributed by atoms with Crippen LogP contribution in [0.25, 0.3) is 0 Å². The zero-order chi connectivity index (χ0) is 17.9. The first-order valence-electron chi connectivity index (χ1n) is 8.72. The highest BCUT2D eigenvalue weighted by molar-refractivity contribution is 7.89. The molecule has 0 saturated carbocycles. The Labute approximate surface area is 148 Å². The van der Waals surface area contributed by atoms with Crippen LogP contribution < -0.4 is 15.4 Å². The van der Waals surface area contributed by atoms with E-state index in [4.69, 9.17) is 4.74 Å². The summed E-state index contributed by atoms with van der Waals surface area (Å²) < 4.78 is 32.2. The van der Waals surface area contributed by atoms with Crippen molar-refractivity contribution in [1.29, 1.82) is 0 Å². The number of hydrogen-bond donors (Lipinski definition) is 2. The molecule has 0 bridgehead atoms. The van der Waals surface area contributed by atoms with Crippen LogP contribution in [-0.4, -0.2) is 51.4 Å². The number of carbonyl (C=O) groups excluding carboxylic acids is 1. The second kappa shape index (κ2) is 7.72. The minimum absolute atomic E-state index is 0.0865. The smallest absolute Gasteiger partial charge is 0.246 e. The van der Waals surface area contributed by atoms with E-state index < -0.39 is 10.0 Å². The molecule has 2 heterocycles. The Morgan fingerprint density at radius 1 is 1.32 bits per heavy atom. The summed E-state index contributed by atoms with van der Waals surface area (Å²) in [6.07, 6.45) is 4.27. The van der Waals surface area contributed by atoms with Crippen molar-refractivity contribution in [3.8, 4) is 5.75 Å². The van der Waals surface area contributed by atoms with Gasteiger partial charge in [0.2, 0.25) is 15.9 Å². The van der Waals surface area contributed by atoms with Crippen molar-refractivity contribution < 1.29 is 17.9 Å². The molecule has 2 saturated heterocycles. The molecule has 25 heavy (non-hydrogen) atoms. The van der Waals surface area contributed by atoms with Gasteiger partial charge in [-0.1, -0.05) is 0 Å². The van der Waals surface area contributed by atoms with Crippen LogP contribution in [0.5, 0.6) is 5.75 Å². The molecule has 1 aromatic carbocycles. The monoisotopic (exact) mass is 367 g/mol. The minimum atomic E-state index is -3.56. The normalized spacial score (nSPS) is 21.4. The Balaban J connectivity index is 1.73. The molecule has 138 valence electrons. The van der Waals surface area contributed by atoms with Gasteiger partial charge in [0, 0.05) is 37.3 Å². The summed E-state index contributed by atoms with van der Waals surface area (Å²) in [5, 5.41) is 6.11. The molecular formula is C17H25N3O4S. The van der Waals surface area contributed by atoms with Gasteiger partial charge >= 0.3 is 0 Å². The minimum Gasteiger partial charge on any atom is -0.495 e. The van der Waals surface area contributed by atoms with Crippen molar-refractivity contribution in [2.45, 2.75) is 43.0 Å². The predicted octanol–water partition coefficient (Wildman–Crippen LogP) is 1.56. The third-order valence-corrected chi connectivity index (χ3v) is 6.66. The molecule has 1 unspecified atom stereocenters. The molecule has 2 fully saturated rings. The molecule has 2 aliphatic heterocycles. The number of benzene rings is 1. The van der Waals surface area contributed by atoms with Gasteiger partial charge in [-0.05, 0) is 44.4 Å². The van der Waals surface area contributed by atoms with Crippen LogP contribution in [0, 0.1) is 0 Å². The number of anilines is 1. The molecule has 0 aliphatic carbocycles. The van der Waals surface area contributed by atoms with E-state index in [1.54, 1.807) is 12.1 Å². The molecule has 1 aromatic rings. The van der Waals surface area contributed by atoms with Crippen molar-refractivity contribution >= 4 is 21.6 Å². The second-order valence-electron chi connectivity index (χ2n) is 6.52. The molecule has 8 heteroatoms. The van der Waals surface area contributed by atoms with E-state index in [0.717, 1.165) is 32.2 Å². The van der Waals surface area contributed by atoms with Crippen LogP contribution in [-0.2, 0) is 14.8 Å². The Bertz CT molecular complexity index is 723. The first-order valence-corrected chi connectivity index (χ1v) is 10.2. The Kier molecular flexibility index (Phi) is 5.61. The lowest BCUT2D eigenvalue weighted by atomic mass is 10.1. The molecule has 7 nitrogen and oxygen atoms in total. The van der Waals surface area contributed by atoms with Gasteiger partial charge in [0.25, 0.3) is 0 Å². The van der Waals surface area contributed by atoms with E-state index in [1.165, 1.54) is 17.5 Å². The summed E-state index contributed by atoms with van der Waals surface area (Å²) in [5.74, 6) is 0.167. The lowest BCUT2D eigenvalue weighted by Gasteiger charge is -2.18. The molecule has 0 radical (unpaired) electrons. The van der Waals surface area contributed by atoms with Crippen LogP contribution in [0.4, 0.5) is 5.69 Å². The molecule has 1 atom stereocenters. The van der Waals surface area contributed by atoms with Crippen molar-refractivity contribution in [3.05, 3.63) is 18.2 Å². The summed E-state index contributed by atoms with van der Waals surface area (Å²) >= 11 is 0. The lowest BCUT2D eigenvalue weighted by molar-refractivity contribution is -0.116. The molecular weight excluding hydrogens is 342 g/mol. The fourth-order valence-corrected chi connectivity index (χ4v) is 5.05. The summed E-state index contributed by atoms with van der Waals surface area (Å²) in [5.41, 5.74) is 0.542. The maximum Gasteiger partial charge on any atom is 0.246 e. The third kappa shape index (κ3) is 4.13. The lowest BCUT2D eigenvalue weighted by Crippen LogP contribution is -2.28. The van der Waals surface area contributed by atoms with Crippen LogP contribution in [0.15, 0.2) is 23.1 Å². The largest absolute Gasteiger partial charge is 0.495 e. The first-order chi connectivity index (χ1) is 12.0. The highest BCUT2D eigenvalue weighted by Crippen LogP contribution is 2.31. The number of nitrogens with one attached hydrogen (secondary N) is 2. The van der Waals surface area contributed by atoms with Gasteiger partial charge in [0.15, 0.2) is 0 Å². The zero-order valence-electron chi connectivity index (χ0n) is 14.5. The molecule has 3 rings (SSSR count). The SMILES string of the molecule is COc1cc(NC(=O)CC2CCCN2)ccc1S(=O)(=O)N1CCCC1. The van der Waals surface area contributed by atoms with E-state index in [1.807, 2.05) is 0 Å². The van der Waals surface area contributed by atoms with E-state index >= 15 is 0 Å². The van der Waals surface area contributed by atoms with E-state index in [9.17, 15) is 13.2 Å². The number of nitrogens with zero attached hydrogens (tertiary/aromatic N) is 1. The van der Waals surface area contributed by atoms with E-state index in [2.05, 4.69) is 10.6 Å². The third-order valence-electron chi connectivity index (χ3n) is 4.72. The number of ether oxygens (including phenoxy) is 1. The summed E-state index contributed by atoms with van der Waals surface area (Å²) in [6, 6.07) is 4.92. The summed E-state index contributed by atoms with van der Waals surface area (Å²) in [4.78, 5) is 12.3. The number of amides is 1. The van der Waals surface area contributed by atoms with Crippen LogP contribution >= 0.6 is 0 Å². The fourth-order valence-electron chi connectivity index (χ4n) is 3.39. The van der Waals surface area contributed by atoms with Gasteiger partial charge in [-0.2, -0.15) is 4.31 Å².